The van der Waals surface area contributed by atoms with Gasteiger partial charge in [0.25, 0.3) is 10.0 Å². The van der Waals surface area contributed by atoms with E-state index in [4.69, 9.17) is 14.6 Å². The van der Waals surface area contributed by atoms with Crippen LogP contribution in [0.15, 0.2) is 46.2 Å². The molecule has 0 radical (unpaired) electrons. The zero-order valence-corrected chi connectivity index (χ0v) is 17.7. The summed E-state index contributed by atoms with van der Waals surface area (Å²) in [7, 11) is -5.78. The predicted molar refractivity (Wildman–Crippen MR) is 107 cm³/mol. The first kappa shape index (κ1) is 23.2. The van der Waals surface area contributed by atoms with Gasteiger partial charge in [-0.3, -0.25) is 4.72 Å². The topological polar surface area (TPSA) is 136 Å². The summed E-state index contributed by atoms with van der Waals surface area (Å²) in [5, 5.41) is 8.78. The van der Waals surface area contributed by atoms with Crippen LogP contribution in [0, 0.1) is 5.82 Å². The van der Waals surface area contributed by atoms with Gasteiger partial charge in [-0.15, -0.1) is 0 Å². The number of benzene rings is 2. The van der Waals surface area contributed by atoms with Crippen molar-refractivity contribution in [2.45, 2.75) is 9.79 Å². The minimum absolute atomic E-state index is 0.0178. The monoisotopic (exact) mass is 459 g/mol. The molecule has 0 aliphatic heterocycles. The molecule has 2 N–H and O–H groups in total. The quantitative estimate of drug-likeness (QED) is 0.453. The van der Waals surface area contributed by atoms with Gasteiger partial charge in [-0.2, -0.15) is 0 Å². The first-order valence-corrected chi connectivity index (χ1v) is 11.5. The number of anilines is 1. The Morgan fingerprint density at radius 3 is 2.30 bits per heavy atom. The van der Waals surface area contributed by atoms with E-state index in [2.05, 4.69) is 0 Å². The number of hydrogen-bond donors (Lipinski definition) is 2. The van der Waals surface area contributed by atoms with Gasteiger partial charge in [-0.25, -0.2) is 26.0 Å². The molecule has 0 aliphatic rings. The van der Waals surface area contributed by atoms with Crippen LogP contribution in [-0.2, 0) is 24.7 Å². The molecular weight excluding hydrogens is 441 g/mol. The van der Waals surface area contributed by atoms with Crippen molar-refractivity contribution < 1.29 is 40.6 Å². The third-order valence-corrected chi connectivity index (χ3v) is 6.27. The molecule has 0 bridgehead atoms. The minimum atomic E-state index is -4.51. The smallest absolute Gasteiger partial charge is 0.328 e. The summed E-state index contributed by atoms with van der Waals surface area (Å²) < 4.78 is 75.7. The van der Waals surface area contributed by atoms with Crippen LogP contribution in [0.2, 0.25) is 0 Å². The molecule has 0 unspecified atom stereocenters. The van der Waals surface area contributed by atoms with Gasteiger partial charge < -0.3 is 14.6 Å². The Labute approximate surface area is 172 Å². The Bertz CT molecular complexity index is 1220. The van der Waals surface area contributed by atoms with Crippen LogP contribution >= 0.6 is 0 Å². The number of carboxylic acid groups (broad SMARTS) is 1. The Morgan fingerprint density at radius 2 is 1.77 bits per heavy atom. The van der Waals surface area contributed by atoms with E-state index in [1.807, 2.05) is 4.72 Å². The lowest BCUT2D eigenvalue weighted by molar-refractivity contribution is -0.131. The molecule has 0 spiro atoms. The number of sulfone groups is 1. The third-order valence-electron chi connectivity index (χ3n) is 3.79. The minimum Gasteiger partial charge on any atom is -0.493 e. The standard InChI is InChI=1S/C18H18FNO8S2/c1-27-15-8-11(4-7-17(21)22)9-16(18(15)28-2)30(25,26)20-14-10-12(29(3,23)24)5-6-13(14)19/h4-10,20H,1-3H3,(H,21,22). The first-order chi connectivity index (χ1) is 13.9. The van der Waals surface area contributed by atoms with Gasteiger partial charge in [-0.1, -0.05) is 0 Å². The Morgan fingerprint density at radius 1 is 1.10 bits per heavy atom. The fraction of sp³-hybridized carbons (Fsp3) is 0.167. The molecule has 0 amide bonds. The van der Waals surface area contributed by atoms with E-state index in [1.165, 1.54) is 20.3 Å². The van der Waals surface area contributed by atoms with Crippen molar-refractivity contribution in [3.63, 3.8) is 0 Å². The van der Waals surface area contributed by atoms with E-state index in [0.717, 1.165) is 42.7 Å². The second-order valence-corrected chi connectivity index (χ2v) is 9.61. The number of aliphatic carboxylic acids is 1. The molecule has 2 aromatic rings. The highest BCUT2D eigenvalue weighted by Crippen LogP contribution is 2.37. The molecule has 162 valence electrons. The molecule has 12 heteroatoms. The molecule has 0 saturated carbocycles. The number of sulfonamides is 1. The predicted octanol–water partition coefficient (Wildman–Crippen LogP) is 2.15. The number of carbonyl (C=O) groups is 1. The molecule has 2 rings (SSSR count). The normalized spacial score (nSPS) is 12.0. The average Bonchev–Trinajstić information content (AvgIpc) is 2.66. The summed E-state index contributed by atoms with van der Waals surface area (Å²) in [5.41, 5.74) is -0.439. The number of hydrogen-bond acceptors (Lipinski definition) is 7. The van der Waals surface area contributed by atoms with Crippen LogP contribution in [0.4, 0.5) is 10.1 Å². The van der Waals surface area contributed by atoms with Crippen molar-refractivity contribution >= 4 is 37.6 Å². The van der Waals surface area contributed by atoms with Gasteiger partial charge in [0.15, 0.2) is 21.3 Å². The number of ether oxygens (including phenoxy) is 2. The fourth-order valence-corrected chi connectivity index (χ4v) is 4.35. The van der Waals surface area contributed by atoms with E-state index in [-0.39, 0.29) is 22.0 Å². The van der Waals surface area contributed by atoms with Crippen LogP contribution in [0.5, 0.6) is 11.5 Å². The third kappa shape index (κ3) is 5.27. The van der Waals surface area contributed by atoms with E-state index in [9.17, 15) is 26.0 Å². The van der Waals surface area contributed by atoms with Crippen LogP contribution in [0.3, 0.4) is 0 Å². The summed E-state index contributed by atoms with van der Waals surface area (Å²) >= 11 is 0. The van der Waals surface area contributed by atoms with Gasteiger partial charge in [-0.05, 0) is 42.0 Å². The van der Waals surface area contributed by atoms with Crippen LogP contribution in [-0.4, -0.2) is 48.4 Å². The summed E-state index contributed by atoms with van der Waals surface area (Å²) in [5.74, 6) is -2.49. The number of halogens is 1. The van der Waals surface area contributed by atoms with Gasteiger partial charge in [0.1, 0.15) is 10.7 Å². The maximum absolute atomic E-state index is 14.2. The summed E-state index contributed by atoms with van der Waals surface area (Å²) in [6, 6.07) is 5.12. The summed E-state index contributed by atoms with van der Waals surface area (Å²) in [6.07, 6.45) is 2.82. The van der Waals surface area contributed by atoms with Gasteiger partial charge in [0.2, 0.25) is 0 Å². The van der Waals surface area contributed by atoms with Crippen molar-refractivity contribution in [3.8, 4) is 11.5 Å². The molecule has 0 saturated heterocycles. The van der Waals surface area contributed by atoms with Gasteiger partial charge in [0, 0.05) is 12.3 Å². The molecule has 0 aromatic heterocycles. The van der Waals surface area contributed by atoms with Crippen LogP contribution in [0.25, 0.3) is 6.08 Å². The molecule has 9 nitrogen and oxygen atoms in total. The Hall–Kier alpha value is -3.12. The molecule has 0 atom stereocenters. The van der Waals surface area contributed by atoms with E-state index in [1.54, 1.807) is 0 Å². The van der Waals surface area contributed by atoms with Gasteiger partial charge in [0.05, 0.1) is 24.8 Å². The van der Waals surface area contributed by atoms with Crippen molar-refractivity contribution in [2.75, 3.05) is 25.2 Å². The Kier molecular flexibility index (Phi) is 6.73. The maximum Gasteiger partial charge on any atom is 0.328 e. The lowest BCUT2D eigenvalue weighted by atomic mass is 10.2. The highest BCUT2D eigenvalue weighted by atomic mass is 32.2. The molecular formula is C18H18FNO8S2. The molecule has 0 heterocycles. The van der Waals surface area contributed by atoms with Crippen LogP contribution in [0.1, 0.15) is 5.56 Å². The van der Waals surface area contributed by atoms with Crippen molar-refractivity contribution in [1.29, 1.82) is 0 Å². The zero-order chi connectivity index (χ0) is 22.7. The SMILES string of the molecule is COc1cc(C=CC(=O)O)cc(S(=O)(=O)Nc2cc(S(C)(=O)=O)ccc2F)c1OC. The summed E-state index contributed by atoms with van der Waals surface area (Å²) in [4.78, 5) is 10.00. The fourth-order valence-electron chi connectivity index (χ4n) is 2.43. The van der Waals surface area contributed by atoms with Crippen molar-refractivity contribution in [3.05, 3.63) is 47.8 Å². The number of rotatable bonds is 8. The molecule has 30 heavy (non-hydrogen) atoms. The average molecular weight is 459 g/mol. The second-order valence-electron chi connectivity index (χ2n) is 5.95. The second kappa shape index (κ2) is 8.71. The van der Waals surface area contributed by atoms with E-state index >= 15 is 0 Å². The lowest BCUT2D eigenvalue weighted by Crippen LogP contribution is -2.16. The number of nitrogens with one attached hydrogen (secondary N) is 1. The summed E-state index contributed by atoms with van der Waals surface area (Å²) in [6.45, 7) is 0. The lowest BCUT2D eigenvalue weighted by Gasteiger charge is -2.16. The highest BCUT2D eigenvalue weighted by molar-refractivity contribution is 7.93. The van der Waals surface area contributed by atoms with Gasteiger partial charge >= 0.3 is 5.97 Å². The molecule has 0 aliphatic carbocycles. The number of carboxylic acids is 1. The Balaban J connectivity index is 2.64. The molecule has 2 aromatic carbocycles. The van der Waals surface area contributed by atoms with Crippen LogP contribution < -0.4 is 14.2 Å². The molecule has 0 fully saturated rings. The van der Waals surface area contributed by atoms with Crippen molar-refractivity contribution in [2.24, 2.45) is 0 Å². The van der Waals surface area contributed by atoms with E-state index < -0.39 is 42.2 Å². The number of methoxy groups -OCH3 is 2. The highest BCUT2D eigenvalue weighted by Gasteiger charge is 2.25. The largest absolute Gasteiger partial charge is 0.493 e. The first-order valence-electron chi connectivity index (χ1n) is 8.08. The zero-order valence-electron chi connectivity index (χ0n) is 16.0. The van der Waals surface area contributed by atoms with E-state index in [0.29, 0.717) is 0 Å². The maximum atomic E-state index is 14.2. The van der Waals surface area contributed by atoms with Crippen molar-refractivity contribution in [1.82, 2.24) is 0 Å².